The van der Waals surface area contributed by atoms with E-state index < -0.39 is 7.29 Å². The average molecular weight is 442 g/mol. The first kappa shape index (κ1) is 22.2. The smallest absolute Gasteiger partial charge is 0.205 e. The zero-order chi connectivity index (χ0) is 22.6. The molecule has 0 spiro atoms. The molecule has 162 valence electrons. The van der Waals surface area contributed by atoms with Gasteiger partial charge in [0.1, 0.15) is 0 Å². The highest BCUT2D eigenvalue weighted by molar-refractivity contribution is 7.76. The highest BCUT2D eigenvalue weighted by Gasteiger charge is 2.34. The molecule has 3 nitrogen and oxygen atoms in total. The minimum absolute atomic E-state index is 0.0938. The van der Waals surface area contributed by atoms with E-state index in [1.165, 1.54) is 0 Å². The van der Waals surface area contributed by atoms with Crippen LogP contribution in [-0.4, -0.2) is 11.7 Å². The molecule has 0 aromatic heterocycles. The van der Waals surface area contributed by atoms with Gasteiger partial charge < -0.3 is 5.11 Å². The summed E-state index contributed by atoms with van der Waals surface area (Å²) in [4.78, 5) is 0. The summed E-state index contributed by atoms with van der Waals surface area (Å²) in [6.07, 6.45) is 0. The standard InChI is InChI=1S/C28H28NO2P/c1-21(2)27(20-30)28(24-18-17-22-11-9-10-12-23(22)19-24)29-32(31,25-13-5-3-6-14-25)26-15-7-4-8-16-26/h3-19,27-28,30H,1,20H2,2H3,(H,29,31). The molecule has 4 aromatic rings. The van der Waals surface area contributed by atoms with Crippen LogP contribution in [0.25, 0.3) is 10.8 Å². The van der Waals surface area contributed by atoms with Gasteiger partial charge in [0.05, 0.1) is 6.61 Å². The van der Waals surface area contributed by atoms with Gasteiger partial charge in [-0.25, -0.2) is 0 Å². The second-order valence-corrected chi connectivity index (χ2v) is 10.6. The second kappa shape index (κ2) is 9.67. The maximum atomic E-state index is 14.7. The molecule has 0 aliphatic carbocycles. The van der Waals surface area contributed by atoms with Crippen LogP contribution in [0.15, 0.2) is 115 Å². The van der Waals surface area contributed by atoms with Gasteiger partial charge in [-0.3, -0.25) is 9.65 Å². The number of rotatable bonds is 8. The van der Waals surface area contributed by atoms with Crippen molar-refractivity contribution in [3.63, 3.8) is 0 Å². The molecular weight excluding hydrogens is 413 g/mol. The molecule has 0 bridgehead atoms. The molecule has 4 rings (SSSR count). The third-order valence-electron chi connectivity index (χ3n) is 5.93. The fraction of sp³-hybridized carbons (Fsp3) is 0.143. The van der Waals surface area contributed by atoms with E-state index in [2.05, 4.69) is 35.9 Å². The topological polar surface area (TPSA) is 49.3 Å². The van der Waals surface area contributed by atoms with Crippen LogP contribution in [0.1, 0.15) is 18.5 Å². The van der Waals surface area contributed by atoms with Crippen LogP contribution in [0.4, 0.5) is 0 Å². The quantitative estimate of drug-likeness (QED) is 0.277. The first-order chi connectivity index (χ1) is 15.5. The Balaban J connectivity index is 1.87. The van der Waals surface area contributed by atoms with Crippen LogP contribution in [-0.2, 0) is 4.57 Å². The van der Waals surface area contributed by atoms with Crippen molar-refractivity contribution >= 4 is 28.7 Å². The lowest BCUT2D eigenvalue weighted by molar-refractivity contribution is 0.222. The van der Waals surface area contributed by atoms with Crippen molar-refractivity contribution in [2.75, 3.05) is 6.61 Å². The van der Waals surface area contributed by atoms with Crippen molar-refractivity contribution < 1.29 is 9.67 Å². The summed E-state index contributed by atoms with van der Waals surface area (Å²) in [6.45, 7) is 5.94. The highest BCUT2D eigenvalue weighted by atomic mass is 31.2. The molecule has 32 heavy (non-hydrogen) atoms. The predicted molar refractivity (Wildman–Crippen MR) is 135 cm³/mol. The van der Waals surface area contributed by atoms with Crippen molar-refractivity contribution in [2.45, 2.75) is 13.0 Å². The molecule has 0 saturated heterocycles. The Morgan fingerprint density at radius 1 is 0.844 bits per heavy atom. The first-order valence-electron chi connectivity index (χ1n) is 10.8. The minimum atomic E-state index is -3.22. The number of benzene rings is 4. The number of nitrogens with one attached hydrogen (secondary N) is 1. The maximum Gasteiger partial charge on any atom is 0.205 e. The first-order valence-corrected chi connectivity index (χ1v) is 12.5. The maximum absolute atomic E-state index is 14.7. The van der Waals surface area contributed by atoms with Crippen LogP contribution < -0.4 is 15.7 Å². The third kappa shape index (κ3) is 4.47. The van der Waals surface area contributed by atoms with E-state index in [0.717, 1.165) is 32.5 Å². The number of fused-ring (bicyclic) bond motifs is 1. The summed E-state index contributed by atoms with van der Waals surface area (Å²) >= 11 is 0. The number of hydrogen-bond donors (Lipinski definition) is 2. The molecule has 0 amide bonds. The normalized spacial score (nSPS) is 13.6. The summed E-state index contributed by atoms with van der Waals surface area (Å²) in [5, 5.41) is 17.5. The fourth-order valence-corrected chi connectivity index (χ4v) is 6.61. The van der Waals surface area contributed by atoms with Crippen molar-refractivity contribution in [1.82, 2.24) is 5.09 Å². The Labute approximate surface area is 189 Å². The highest BCUT2D eigenvalue weighted by Crippen LogP contribution is 2.44. The zero-order valence-corrected chi connectivity index (χ0v) is 19.1. The van der Waals surface area contributed by atoms with Gasteiger partial charge in [-0.2, -0.15) is 0 Å². The molecule has 4 aromatic carbocycles. The zero-order valence-electron chi connectivity index (χ0n) is 18.2. The van der Waals surface area contributed by atoms with E-state index in [0.29, 0.717) is 0 Å². The molecule has 4 heteroatoms. The summed E-state index contributed by atoms with van der Waals surface area (Å²) in [5.41, 5.74) is 1.81. The molecule has 2 atom stereocenters. The van der Waals surface area contributed by atoms with Crippen LogP contribution in [0.2, 0.25) is 0 Å². The van der Waals surface area contributed by atoms with E-state index >= 15 is 0 Å². The van der Waals surface area contributed by atoms with Gasteiger partial charge in [-0.15, -0.1) is 0 Å². The molecule has 2 unspecified atom stereocenters. The summed E-state index contributed by atoms with van der Waals surface area (Å²) in [5.74, 6) is -0.295. The van der Waals surface area contributed by atoms with Crippen LogP contribution in [0.3, 0.4) is 0 Å². The third-order valence-corrected chi connectivity index (χ3v) is 8.62. The van der Waals surface area contributed by atoms with Crippen molar-refractivity contribution in [3.05, 3.63) is 121 Å². The van der Waals surface area contributed by atoms with Crippen LogP contribution in [0.5, 0.6) is 0 Å². The molecule has 0 aliphatic rings. The SMILES string of the molecule is C=C(C)C(CO)C(NP(=O)(c1ccccc1)c1ccccc1)c1ccc2ccccc2c1. The number of aliphatic hydroxyl groups excluding tert-OH is 1. The monoisotopic (exact) mass is 441 g/mol. The van der Waals surface area contributed by atoms with Crippen molar-refractivity contribution in [2.24, 2.45) is 5.92 Å². The number of aliphatic hydroxyl groups is 1. The van der Waals surface area contributed by atoms with Gasteiger partial charge in [-0.05, 0) is 53.6 Å². The summed E-state index contributed by atoms with van der Waals surface area (Å²) in [6, 6.07) is 33.0. The van der Waals surface area contributed by atoms with Gasteiger partial charge in [0.15, 0.2) is 0 Å². The molecule has 0 aliphatic heterocycles. The van der Waals surface area contributed by atoms with Gasteiger partial charge >= 0.3 is 0 Å². The average Bonchev–Trinajstić information content (AvgIpc) is 2.84. The van der Waals surface area contributed by atoms with Gasteiger partial charge in [-0.1, -0.05) is 84.9 Å². The lowest BCUT2D eigenvalue weighted by Gasteiger charge is -2.32. The Morgan fingerprint density at radius 2 is 1.38 bits per heavy atom. The van der Waals surface area contributed by atoms with E-state index in [-0.39, 0.29) is 18.6 Å². The lowest BCUT2D eigenvalue weighted by atomic mass is 9.88. The molecule has 2 N–H and O–H groups in total. The van der Waals surface area contributed by atoms with Crippen LogP contribution in [0, 0.1) is 5.92 Å². The van der Waals surface area contributed by atoms with E-state index in [9.17, 15) is 9.67 Å². The number of hydrogen-bond acceptors (Lipinski definition) is 2. The molecule has 0 radical (unpaired) electrons. The molecule has 0 heterocycles. The van der Waals surface area contributed by atoms with Gasteiger partial charge in [0.25, 0.3) is 0 Å². The predicted octanol–water partition coefficient (Wildman–Crippen LogP) is 5.58. The Kier molecular flexibility index (Phi) is 6.72. The van der Waals surface area contributed by atoms with Gasteiger partial charge in [0.2, 0.25) is 7.29 Å². The molecule has 0 fully saturated rings. The Bertz CT molecular complexity index is 1210. The minimum Gasteiger partial charge on any atom is -0.396 e. The summed E-state index contributed by atoms with van der Waals surface area (Å²) < 4.78 is 14.7. The van der Waals surface area contributed by atoms with Crippen molar-refractivity contribution in [1.29, 1.82) is 0 Å². The van der Waals surface area contributed by atoms with Crippen molar-refractivity contribution in [3.8, 4) is 0 Å². The molecular formula is C28H28NO2P. The Morgan fingerprint density at radius 3 is 1.91 bits per heavy atom. The summed E-state index contributed by atoms with van der Waals surface area (Å²) in [7, 11) is -3.22. The van der Waals surface area contributed by atoms with Crippen LogP contribution >= 0.6 is 7.29 Å². The molecule has 0 saturated carbocycles. The Hall–Kier alpha value is -2.97. The van der Waals surface area contributed by atoms with E-state index in [1.807, 2.05) is 85.8 Å². The largest absolute Gasteiger partial charge is 0.396 e. The van der Waals surface area contributed by atoms with E-state index in [4.69, 9.17) is 0 Å². The second-order valence-electron chi connectivity index (χ2n) is 8.13. The van der Waals surface area contributed by atoms with E-state index in [1.54, 1.807) is 0 Å². The lowest BCUT2D eigenvalue weighted by Crippen LogP contribution is -2.35. The fourth-order valence-electron chi connectivity index (χ4n) is 4.11. The van der Waals surface area contributed by atoms with Gasteiger partial charge in [0, 0.05) is 22.6 Å².